The number of aromatic amines is 1. The summed E-state index contributed by atoms with van der Waals surface area (Å²) in [5, 5.41) is 5.72. The van der Waals surface area contributed by atoms with Crippen molar-refractivity contribution >= 4 is 17.5 Å². The smallest absolute Gasteiger partial charge is 0.252 e. The van der Waals surface area contributed by atoms with Crippen molar-refractivity contribution in [1.29, 1.82) is 0 Å². The van der Waals surface area contributed by atoms with E-state index in [-0.39, 0.29) is 17.4 Å². The molecule has 0 aliphatic carbocycles. The summed E-state index contributed by atoms with van der Waals surface area (Å²) in [5.41, 5.74) is 3.19. The van der Waals surface area contributed by atoms with Crippen LogP contribution in [-0.2, 0) is 4.79 Å². The van der Waals surface area contributed by atoms with Crippen LogP contribution in [0.5, 0.6) is 0 Å². The average Bonchev–Trinajstić information content (AvgIpc) is 2.84. The molecule has 0 saturated heterocycles. The number of carbonyl (C=O) groups is 2. The Morgan fingerprint density at radius 3 is 2.16 bits per heavy atom. The minimum Gasteiger partial charge on any atom is -0.336 e. The van der Waals surface area contributed by atoms with Crippen LogP contribution in [0.25, 0.3) is 11.1 Å². The molecule has 32 heavy (non-hydrogen) atoms. The summed E-state index contributed by atoms with van der Waals surface area (Å²) >= 11 is 0. The number of anilines is 1. The molecule has 0 saturated carbocycles. The molecule has 0 spiro atoms. The predicted octanol–water partition coefficient (Wildman–Crippen LogP) is 4.15. The van der Waals surface area contributed by atoms with Gasteiger partial charge in [0.15, 0.2) is 0 Å². The lowest BCUT2D eigenvalue weighted by Gasteiger charge is -2.19. The summed E-state index contributed by atoms with van der Waals surface area (Å²) in [6, 6.07) is 27.4. The molecule has 0 fully saturated rings. The fourth-order valence-electron chi connectivity index (χ4n) is 3.33. The van der Waals surface area contributed by atoms with Gasteiger partial charge in [-0.1, -0.05) is 60.7 Å². The first-order valence-electron chi connectivity index (χ1n) is 10.1. The monoisotopic (exact) mass is 423 g/mol. The Labute approximate surface area is 185 Å². The Balaban J connectivity index is 1.58. The highest BCUT2D eigenvalue weighted by Gasteiger charge is 2.23. The summed E-state index contributed by atoms with van der Waals surface area (Å²) in [4.78, 5) is 39.9. The van der Waals surface area contributed by atoms with Crippen LogP contribution < -0.4 is 16.2 Å². The van der Waals surface area contributed by atoms with Crippen LogP contribution in [-0.4, -0.2) is 16.8 Å². The second kappa shape index (κ2) is 9.57. The number of hydrogen-bond acceptors (Lipinski definition) is 3. The quantitative estimate of drug-likeness (QED) is 0.435. The maximum atomic E-state index is 13.2. The third kappa shape index (κ3) is 4.99. The number of benzene rings is 3. The first-order valence-corrected chi connectivity index (χ1v) is 10.1. The van der Waals surface area contributed by atoms with Gasteiger partial charge in [0.1, 0.15) is 6.04 Å². The van der Waals surface area contributed by atoms with E-state index in [2.05, 4.69) is 15.6 Å². The minimum atomic E-state index is -0.874. The molecule has 0 aliphatic heterocycles. The van der Waals surface area contributed by atoms with E-state index in [9.17, 15) is 14.4 Å². The summed E-state index contributed by atoms with van der Waals surface area (Å²) in [6.07, 6.45) is 1.62. The van der Waals surface area contributed by atoms with E-state index in [0.717, 1.165) is 11.1 Å². The number of hydrogen-bond donors (Lipinski definition) is 3. The molecule has 1 unspecified atom stereocenters. The van der Waals surface area contributed by atoms with Crippen LogP contribution in [0.1, 0.15) is 22.0 Å². The van der Waals surface area contributed by atoms with E-state index in [4.69, 9.17) is 0 Å². The Hall–Kier alpha value is -4.45. The zero-order chi connectivity index (χ0) is 22.3. The number of aromatic nitrogens is 1. The molecular formula is C26H21N3O3. The molecule has 0 bridgehead atoms. The highest BCUT2D eigenvalue weighted by atomic mass is 16.2. The highest BCUT2D eigenvalue weighted by Crippen LogP contribution is 2.23. The van der Waals surface area contributed by atoms with Crippen molar-refractivity contribution in [3.63, 3.8) is 0 Å². The molecule has 158 valence electrons. The van der Waals surface area contributed by atoms with E-state index in [1.54, 1.807) is 54.7 Å². The molecule has 1 aromatic heterocycles. The first kappa shape index (κ1) is 20.8. The average molecular weight is 423 g/mol. The molecule has 1 heterocycles. The van der Waals surface area contributed by atoms with Gasteiger partial charge in [0.05, 0.1) is 0 Å². The molecule has 3 N–H and O–H groups in total. The van der Waals surface area contributed by atoms with Crippen LogP contribution >= 0.6 is 0 Å². The molecule has 0 aliphatic rings. The normalized spacial score (nSPS) is 11.4. The number of H-pyrrole nitrogens is 1. The standard InChI is InChI=1S/C26H21N3O3/c30-23-15-14-21(17-27-23)20-12-7-13-22(16-20)28-26(32)24(18-8-3-1-4-9-18)29-25(31)19-10-5-2-6-11-19/h1-17,24H,(H,27,30)(H,28,32)(H,29,31). The van der Waals surface area contributed by atoms with Crippen molar-refractivity contribution in [2.45, 2.75) is 6.04 Å². The Bertz CT molecular complexity index is 1260. The number of rotatable bonds is 6. The van der Waals surface area contributed by atoms with E-state index >= 15 is 0 Å². The van der Waals surface area contributed by atoms with Gasteiger partial charge >= 0.3 is 0 Å². The molecule has 3 aromatic carbocycles. The van der Waals surface area contributed by atoms with Crippen LogP contribution in [0, 0.1) is 0 Å². The van der Waals surface area contributed by atoms with Gasteiger partial charge in [0.2, 0.25) is 5.56 Å². The van der Waals surface area contributed by atoms with Crippen LogP contribution in [0.15, 0.2) is 108 Å². The van der Waals surface area contributed by atoms with E-state index in [1.165, 1.54) is 6.07 Å². The van der Waals surface area contributed by atoms with Crippen molar-refractivity contribution in [3.8, 4) is 11.1 Å². The van der Waals surface area contributed by atoms with Crippen molar-refractivity contribution in [2.24, 2.45) is 0 Å². The van der Waals surface area contributed by atoms with Crippen molar-refractivity contribution in [2.75, 3.05) is 5.32 Å². The van der Waals surface area contributed by atoms with Gasteiger partial charge in [0, 0.05) is 23.5 Å². The van der Waals surface area contributed by atoms with Crippen molar-refractivity contribution < 1.29 is 9.59 Å². The van der Waals surface area contributed by atoms with Crippen molar-refractivity contribution in [3.05, 3.63) is 125 Å². The Morgan fingerprint density at radius 2 is 1.47 bits per heavy atom. The summed E-state index contributed by atoms with van der Waals surface area (Å²) in [7, 11) is 0. The van der Waals surface area contributed by atoms with E-state index < -0.39 is 6.04 Å². The summed E-state index contributed by atoms with van der Waals surface area (Å²) < 4.78 is 0. The van der Waals surface area contributed by atoms with Gasteiger partial charge in [-0.05, 0) is 47.0 Å². The lowest BCUT2D eigenvalue weighted by atomic mass is 10.0. The van der Waals surface area contributed by atoms with Gasteiger partial charge in [0.25, 0.3) is 11.8 Å². The lowest BCUT2D eigenvalue weighted by Crippen LogP contribution is -2.37. The highest BCUT2D eigenvalue weighted by molar-refractivity contribution is 6.01. The first-order chi connectivity index (χ1) is 15.6. The van der Waals surface area contributed by atoms with Crippen LogP contribution in [0.2, 0.25) is 0 Å². The van der Waals surface area contributed by atoms with Gasteiger partial charge < -0.3 is 15.6 Å². The molecule has 6 heteroatoms. The number of amides is 2. The Kier molecular flexibility index (Phi) is 6.22. The van der Waals surface area contributed by atoms with Gasteiger partial charge in [-0.3, -0.25) is 14.4 Å². The fraction of sp³-hybridized carbons (Fsp3) is 0.0385. The third-order valence-corrected chi connectivity index (χ3v) is 4.95. The van der Waals surface area contributed by atoms with E-state index in [1.807, 2.05) is 42.5 Å². The molecule has 2 amide bonds. The molecule has 4 aromatic rings. The topological polar surface area (TPSA) is 91.1 Å². The van der Waals surface area contributed by atoms with Crippen molar-refractivity contribution in [1.82, 2.24) is 10.3 Å². The van der Waals surface area contributed by atoms with Gasteiger partial charge in [-0.2, -0.15) is 0 Å². The third-order valence-electron chi connectivity index (χ3n) is 4.95. The summed E-state index contributed by atoms with van der Waals surface area (Å²) in [6.45, 7) is 0. The second-order valence-electron chi connectivity index (χ2n) is 7.19. The molecule has 1 atom stereocenters. The molecular weight excluding hydrogens is 402 g/mol. The number of pyridine rings is 1. The zero-order valence-corrected chi connectivity index (χ0v) is 17.1. The van der Waals surface area contributed by atoms with Gasteiger partial charge in [-0.25, -0.2) is 0 Å². The lowest BCUT2D eigenvalue weighted by molar-refractivity contribution is -0.118. The minimum absolute atomic E-state index is 0.182. The Morgan fingerprint density at radius 1 is 0.750 bits per heavy atom. The number of nitrogens with one attached hydrogen (secondary N) is 3. The van der Waals surface area contributed by atoms with Gasteiger partial charge in [-0.15, -0.1) is 0 Å². The molecule has 0 radical (unpaired) electrons. The fourth-order valence-corrected chi connectivity index (χ4v) is 3.33. The summed E-state index contributed by atoms with van der Waals surface area (Å²) in [5.74, 6) is -0.698. The van der Waals surface area contributed by atoms with E-state index in [0.29, 0.717) is 16.8 Å². The maximum absolute atomic E-state index is 13.2. The maximum Gasteiger partial charge on any atom is 0.252 e. The van der Waals surface area contributed by atoms with Crippen LogP contribution in [0.3, 0.4) is 0 Å². The van der Waals surface area contributed by atoms with Crippen LogP contribution in [0.4, 0.5) is 5.69 Å². The molecule has 6 nitrogen and oxygen atoms in total. The molecule has 4 rings (SSSR count). The second-order valence-corrected chi connectivity index (χ2v) is 7.19. The number of carbonyl (C=O) groups excluding carboxylic acids is 2. The largest absolute Gasteiger partial charge is 0.336 e. The SMILES string of the molecule is O=C(NC(C(=O)Nc1cccc(-c2ccc(=O)[nH]c2)c1)c1ccccc1)c1ccccc1. The zero-order valence-electron chi connectivity index (χ0n) is 17.1. The predicted molar refractivity (Wildman–Crippen MR) is 124 cm³/mol.